The SMILES string of the molecule is NCC(NCCCCO)c1cc(Br)c(Br)o1. The molecule has 0 aliphatic rings. The number of furan rings is 1. The molecule has 0 radical (unpaired) electrons. The van der Waals surface area contributed by atoms with E-state index in [4.69, 9.17) is 15.3 Å². The van der Waals surface area contributed by atoms with Gasteiger partial charge in [-0.05, 0) is 57.3 Å². The summed E-state index contributed by atoms with van der Waals surface area (Å²) in [6.45, 7) is 1.52. The molecule has 1 atom stereocenters. The Morgan fingerprint density at radius 2 is 2.19 bits per heavy atom. The molecule has 16 heavy (non-hydrogen) atoms. The lowest BCUT2D eigenvalue weighted by Crippen LogP contribution is -2.28. The third kappa shape index (κ3) is 4.18. The molecule has 4 nitrogen and oxygen atoms in total. The molecule has 6 heteroatoms. The van der Waals surface area contributed by atoms with Crippen molar-refractivity contribution in [3.8, 4) is 0 Å². The molecule has 0 aliphatic carbocycles. The van der Waals surface area contributed by atoms with Gasteiger partial charge >= 0.3 is 0 Å². The summed E-state index contributed by atoms with van der Waals surface area (Å²) < 4.78 is 7.07. The zero-order chi connectivity index (χ0) is 12.0. The van der Waals surface area contributed by atoms with Crippen molar-refractivity contribution in [2.24, 2.45) is 5.73 Å². The molecule has 0 fully saturated rings. The number of aliphatic hydroxyl groups is 1. The highest BCUT2D eigenvalue weighted by Gasteiger charge is 2.15. The van der Waals surface area contributed by atoms with Gasteiger partial charge in [-0.25, -0.2) is 0 Å². The van der Waals surface area contributed by atoms with Gasteiger partial charge in [-0.15, -0.1) is 0 Å². The van der Waals surface area contributed by atoms with Gasteiger partial charge in [-0.3, -0.25) is 0 Å². The van der Waals surface area contributed by atoms with E-state index in [9.17, 15) is 0 Å². The zero-order valence-electron chi connectivity index (χ0n) is 8.88. The summed E-state index contributed by atoms with van der Waals surface area (Å²) in [5, 5.41) is 12.0. The summed E-state index contributed by atoms with van der Waals surface area (Å²) in [5.74, 6) is 0.810. The van der Waals surface area contributed by atoms with Crippen molar-refractivity contribution in [2.45, 2.75) is 18.9 Å². The van der Waals surface area contributed by atoms with Gasteiger partial charge in [0.2, 0.25) is 0 Å². The summed E-state index contributed by atoms with van der Waals surface area (Å²) in [6, 6.07) is 1.92. The van der Waals surface area contributed by atoms with Crippen LogP contribution in [0.2, 0.25) is 0 Å². The Balaban J connectivity index is 2.47. The number of aliphatic hydroxyl groups excluding tert-OH is 1. The standard InChI is InChI=1S/C10H16Br2N2O2/c11-7-5-9(16-10(7)12)8(6-13)14-3-1-2-4-15/h5,8,14-15H,1-4,6,13H2. The molecule has 1 rings (SSSR count). The molecule has 0 bridgehead atoms. The van der Waals surface area contributed by atoms with Crippen LogP contribution in [0.15, 0.2) is 19.6 Å². The number of unbranched alkanes of at least 4 members (excludes halogenated alkanes) is 1. The first-order valence-electron chi connectivity index (χ1n) is 5.18. The first-order valence-corrected chi connectivity index (χ1v) is 6.76. The van der Waals surface area contributed by atoms with E-state index in [2.05, 4.69) is 37.2 Å². The molecule has 0 saturated heterocycles. The van der Waals surface area contributed by atoms with E-state index in [-0.39, 0.29) is 12.6 Å². The van der Waals surface area contributed by atoms with E-state index >= 15 is 0 Å². The summed E-state index contributed by atoms with van der Waals surface area (Å²) in [4.78, 5) is 0. The van der Waals surface area contributed by atoms with Crippen LogP contribution in [0.3, 0.4) is 0 Å². The predicted molar refractivity (Wildman–Crippen MR) is 70.2 cm³/mol. The number of nitrogens with one attached hydrogen (secondary N) is 1. The van der Waals surface area contributed by atoms with Crippen LogP contribution in [0.5, 0.6) is 0 Å². The summed E-state index contributed by atoms with van der Waals surface area (Å²) in [5.41, 5.74) is 5.68. The van der Waals surface area contributed by atoms with E-state index in [1.807, 2.05) is 6.07 Å². The van der Waals surface area contributed by atoms with Gasteiger partial charge in [-0.2, -0.15) is 0 Å². The normalized spacial score (nSPS) is 13.0. The average Bonchev–Trinajstić information content (AvgIpc) is 2.59. The highest BCUT2D eigenvalue weighted by Crippen LogP contribution is 2.29. The minimum absolute atomic E-state index is 0.0151. The fraction of sp³-hybridized carbons (Fsp3) is 0.600. The van der Waals surface area contributed by atoms with Crippen LogP contribution in [0.1, 0.15) is 24.6 Å². The average molecular weight is 356 g/mol. The molecule has 1 aromatic rings. The molecule has 0 saturated carbocycles. The number of hydrogen-bond acceptors (Lipinski definition) is 4. The van der Waals surface area contributed by atoms with Crippen LogP contribution in [0.25, 0.3) is 0 Å². The van der Waals surface area contributed by atoms with Crippen molar-refractivity contribution < 1.29 is 9.52 Å². The fourth-order valence-electron chi connectivity index (χ4n) is 1.35. The highest BCUT2D eigenvalue weighted by molar-refractivity contribution is 9.13. The Labute approximate surface area is 112 Å². The van der Waals surface area contributed by atoms with Gasteiger partial charge in [0.1, 0.15) is 5.76 Å². The maximum absolute atomic E-state index is 8.66. The van der Waals surface area contributed by atoms with Crippen molar-refractivity contribution >= 4 is 31.9 Å². The summed E-state index contributed by atoms with van der Waals surface area (Å²) >= 11 is 6.66. The first-order chi connectivity index (χ1) is 7.69. The van der Waals surface area contributed by atoms with Crippen LogP contribution in [-0.4, -0.2) is 24.8 Å². The summed E-state index contributed by atoms with van der Waals surface area (Å²) in [7, 11) is 0. The van der Waals surface area contributed by atoms with Gasteiger partial charge in [-0.1, -0.05) is 0 Å². The summed E-state index contributed by atoms with van der Waals surface area (Å²) in [6.07, 6.45) is 1.73. The van der Waals surface area contributed by atoms with Gasteiger partial charge in [0.25, 0.3) is 0 Å². The zero-order valence-corrected chi connectivity index (χ0v) is 12.1. The van der Waals surface area contributed by atoms with Crippen molar-refractivity contribution in [2.75, 3.05) is 19.7 Å². The molecule has 4 N–H and O–H groups in total. The largest absolute Gasteiger partial charge is 0.451 e. The van der Waals surface area contributed by atoms with E-state index < -0.39 is 0 Å². The smallest absolute Gasteiger partial charge is 0.183 e. The van der Waals surface area contributed by atoms with Gasteiger partial charge in [0.05, 0.1) is 10.5 Å². The first kappa shape index (κ1) is 14.2. The molecular formula is C10H16Br2N2O2. The number of nitrogens with two attached hydrogens (primary N) is 1. The highest BCUT2D eigenvalue weighted by atomic mass is 79.9. The van der Waals surface area contributed by atoms with Crippen molar-refractivity contribution in [3.63, 3.8) is 0 Å². The Hall–Kier alpha value is 0.120. The lowest BCUT2D eigenvalue weighted by atomic mass is 10.2. The van der Waals surface area contributed by atoms with Crippen molar-refractivity contribution in [3.05, 3.63) is 21.0 Å². The minimum atomic E-state index is 0.0151. The topological polar surface area (TPSA) is 71.4 Å². The van der Waals surface area contributed by atoms with Gasteiger partial charge in [0.15, 0.2) is 4.67 Å². The Morgan fingerprint density at radius 3 is 2.69 bits per heavy atom. The lowest BCUT2D eigenvalue weighted by molar-refractivity contribution is 0.281. The second kappa shape index (κ2) is 7.45. The maximum Gasteiger partial charge on any atom is 0.183 e. The van der Waals surface area contributed by atoms with E-state index in [0.717, 1.165) is 29.6 Å². The van der Waals surface area contributed by atoms with Crippen LogP contribution in [0, 0.1) is 0 Å². The molecule has 1 unspecified atom stereocenters. The number of hydrogen-bond donors (Lipinski definition) is 3. The van der Waals surface area contributed by atoms with E-state index in [1.54, 1.807) is 0 Å². The molecule has 1 aromatic heterocycles. The number of halogens is 2. The van der Waals surface area contributed by atoms with E-state index in [0.29, 0.717) is 11.2 Å². The van der Waals surface area contributed by atoms with Crippen LogP contribution < -0.4 is 11.1 Å². The maximum atomic E-state index is 8.66. The minimum Gasteiger partial charge on any atom is -0.451 e. The van der Waals surface area contributed by atoms with Gasteiger partial charge in [0, 0.05) is 13.2 Å². The molecule has 0 aliphatic heterocycles. The Morgan fingerprint density at radius 1 is 1.44 bits per heavy atom. The predicted octanol–water partition coefficient (Wildman–Crippen LogP) is 2.17. The number of rotatable bonds is 7. The van der Waals surface area contributed by atoms with Crippen LogP contribution in [-0.2, 0) is 0 Å². The second-order valence-corrected chi connectivity index (χ2v) is 5.02. The molecule has 92 valence electrons. The Kier molecular flexibility index (Phi) is 6.60. The third-order valence-corrected chi connectivity index (χ3v) is 3.93. The lowest BCUT2D eigenvalue weighted by Gasteiger charge is -2.13. The Bertz CT molecular complexity index is 298. The van der Waals surface area contributed by atoms with Crippen LogP contribution >= 0.6 is 31.9 Å². The van der Waals surface area contributed by atoms with E-state index in [1.165, 1.54) is 0 Å². The quantitative estimate of drug-likeness (QED) is 0.655. The van der Waals surface area contributed by atoms with Crippen molar-refractivity contribution in [1.29, 1.82) is 0 Å². The second-order valence-electron chi connectivity index (χ2n) is 3.44. The fourth-order valence-corrected chi connectivity index (χ4v) is 1.96. The van der Waals surface area contributed by atoms with Crippen molar-refractivity contribution in [1.82, 2.24) is 5.32 Å². The molecule has 0 aromatic carbocycles. The molecule has 1 heterocycles. The molecule has 0 spiro atoms. The molecular weight excluding hydrogens is 340 g/mol. The molecule has 0 amide bonds. The van der Waals surface area contributed by atoms with Crippen LogP contribution in [0.4, 0.5) is 0 Å². The monoisotopic (exact) mass is 354 g/mol. The van der Waals surface area contributed by atoms with Gasteiger partial charge < -0.3 is 20.6 Å². The third-order valence-electron chi connectivity index (χ3n) is 2.22.